The molecule has 1 aromatic heterocycles. The number of ether oxygens (including phenoxy) is 2. The normalized spacial score (nSPS) is 14.4. The maximum absolute atomic E-state index is 12.1. The fraction of sp³-hybridized carbons (Fsp3) is 0.375. The Morgan fingerprint density at radius 3 is 2.95 bits per heavy atom. The van der Waals surface area contributed by atoms with Crippen LogP contribution in [-0.2, 0) is 17.8 Å². The third kappa shape index (κ3) is 3.58. The zero-order valence-electron chi connectivity index (χ0n) is 12.5. The van der Waals surface area contributed by atoms with E-state index in [0.29, 0.717) is 31.9 Å². The van der Waals surface area contributed by atoms with Crippen molar-refractivity contribution in [3.05, 3.63) is 42.5 Å². The van der Waals surface area contributed by atoms with Crippen molar-refractivity contribution in [1.29, 1.82) is 0 Å². The molecule has 0 fully saturated rings. The van der Waals surface area contributed by atoms with Crippen LogP contribution in [0.25, 0.3) is 0 Å². The first-order chi connectivity index (χ1) is 10.7. The largest absolute Gasteiger partial charge is 0.486 e. The number of aromatic nitrogens is 2. The van der Waals surface area contributed by atoms with Crippen LogP contribution in [0.15, 0.2) is 36.9 Å². The van der Waals surface area contributed by atoms with E-state index in [1.165, 1.54) is 0 Å². The zero-order valence-corrected chi connectivity index (χ0v) is 12.5. The van der Waals surface area contributed by atoms with Crippen molar-refractivity contribution in [3.63, 3.8) is 0 Å². The average Bonchev–Trinajstić information content (AvgIpc) is 2.99. The predicted molar refractivity (Wildman–Crippen MR) is 81.0 cm³/mol. The predicted octanol–water partition coefficient (Wildman–Crippen LogP) is 1.40. The Labute approximate surface area is 129 Å². The van der Waals surface area contributed by atoms with Gasteiger partial charge in [0.15, 0.2) is 11.5 Å². The first kappa shape index (κ1) is 14.4. The molecule has 0 aliphatic carbocycles. The van der Waals surface area contributed by atoms with Crippen LogP contribution in [0.5, 0.6) is 11.5 Å². The molecule has 2 heterocycles. The molecule has 0 saturated carbocycles. The summed E-state index contributed by atoms with van der Waals surface area (Å²) >= 11 is 0. The standard InChI is InChI=1S/C16H19N3O3/c1-12(10-19-5-4-17-11-19)18-16(20)9-13-2-3-14-15(8-13)22-7-6-21-14/h2-5,8,11-12H,6-7,9-10H2,1H3,(H,18,20). The van der Waals surface area contributed by atoms with Gasteiger partial charge in [-0.2, -0.15) is 0 Å². The Bertz CT molecular complexity index is 640. The quantitative estimate of drug-likeness (QED) is 0.906. The van der Waals surface area contributed by atoms with Crippen LogP contribution in [0, 0.1) is 0 Å². The van der Waals surface area contributed by atoms with E-state index in [-0.39, 0.29) is 11.9 Å². The maximum Gasteiger partial charge on any atom is 0.224 e. The third-order valence-electron chi connectivity index (χ3n) is 3.42. The highest BCUT2D eigenvalue weighted by atomic mass is 16.6. The molecule has 0 spiro atoms. The molecule has 0 bridgehead atoms. The molecule has 0 saturated heterocycles. The van der Waals surface area contributed by atoms with Gasteiger partial charge in [0.25, 0.3) is 0 Å². The fourth-order valence-corrected chi connectivity index (χ4v) is 2.47. The molecule has 1 atom stereocenters. The van der Waals surface area contributed by atoms with Gasteiger partial charge in [0.2, 0.25) is 5.91 Å². The van der Waals surface area contributed by atoms with Crippen LogP contribution in [-0.4, -0.2) is 34.7 Å². The number of carbonyl (C=O) groups is 1. The molecule has 3 rings (SSSR count). The van der Waals surface area contributed by atoms with Gasteiger partial charge in [0.1, 0.15) is 13.2 Å². The number of carbonyl (C=O) groups excluding carboxylic acids is 1. The fourth-order valence-electron chi connectivity index (χ4n) is 2.47. The number of hydrogen-bond donors (Lipinski definition) is 1. The van der Waals surface area contributed by atoms with Crippen molar-refractivity contribution < 1.29 is 14.3 Å². The number of rotatable bonds is 5. The number of imidazole rings is 1. The molecule has 1 aliphatic heterocycles. The Morgan fingerprint density at radius 1 is 1.36 bits per heavy atom. The highest BCUT2D eigenvalue weighted by Gasteiger charge is 2.14. The second-order valence-corrected chi connectivity index (χ2v) is 5.38. The van der Waals surface area contributed by atoms with Gasteiger partial charge in [0.05, 0.1) is 12.7 Å². The zero-order chi connectivity index (χ0) is 15.4. The molecule has 1 amide bonds. The lowest BCUT2D eigenvalue weighted by Gasteiger charge is -2.19. The summed E-state index contributed by atoms with van der Waals surface area (Å²) in [6, 6.07) is 5.66. The monoisotopic (exact) mass is 301 g/mol. The average molecular weight is 301 g/mol. The number of benzene rings is 1. The number of nitrogens with zero attached hydrogens (tertiary/aromatic N) is 2. The number of fused-ring (bicyclic) bond motifs is 1. The minimum Gasteiger partial charge on any atom is -0.486 e. The second kappa shape index (κ2) is 6.51. The summed E-state index contributed by atoms with van der Waals surface area (Å²) in [7, 11) is 0. The van der Waals surface area contributed by atoms with E-state index < -0.39 is 0 Å². The Balaban J connectivity index is 1.55. The molecule has 1 N–H and O–H groups in total. The van der Waals surface area contributed by atoms with E-state index in [1.54, 1.807) is 12.5 Å². The van der Waals surface area contributed by atoms with Gasteiger partial charge in [-0.3, -0.25) is 4.79 Å². The van der Waals surface area contributed by atoms with Crippen molar-refractivity contribution in [2.75, 3.05) is 13.2 Å². The first-order valence-electron chi connectivity index (χ1n) is 7.34. The van der Waals surface area contributed by atoms with Gasteiger partial charge in [-0.25, -0.2) is 4.98 Å². The summed E-state index contributed by atoms with van der Waals surface area (Å²) in [5, 5.41) is 2.99. The van der Waals surface area contributed by atoms with Crippen molar-refractivity contribution in [3.8, 4) is 11.5 Å². The second-order valence-electron chi connectivity index (χ2n) is 5.38. The summed E-state index contributed by atoms with van der Waals surface area (Å²) in [6.07, 6.45) is 5.67. The van der Waals surface area contributed by atoms with E-state index in [0.717, 1.165) is 11.3 Å². The third-order valence-corrected chi connectivity index (χ3v) is 3.42. The van der Waals surface area contributed by atoms with Crippen LogP contribution in [0.3, 0.4) is 0 Å². The van der Waals surface area contributed by atoms with Gasteiger partial charge < -0.3 is 19.4 Å². The molecule has 6 heteroatoms. The topological polar surface area (TPSA) is 65.4 Å². The Hall–Kier alpha value is -2.50. The summed E-state index contributed by atoms with van der Waals surface area (Å²) in [5.74, 6) is 1.44. The molecule has 0 radical (unpaired) electrons. The molecule has 116 valence electrons. The lowest BCUT2D eigenvalue weighted by Crippen LogP contribution is -2.36. The van der Waals surface area contributed by atoms with Gasteiger partial charge in [0, 0.05) is 25.0 Å². The van der Waals surface area contributed by atoms with Gasteiger partial charge >= 0.3 is 0 Å². The highest BCUT2D eigenvalue weighted by Crippen LogP contribution is 2.30. The summed E-state index contributed by atoms with van der Waals surface area (Å²) in [6.45, 7) is 3.79. The lowest BCUT2D eigenvalue weighted by molar-refractivity contribution is -0.121. The Morgan fingerprint density at radius 2 is 2.18 bits per heavy atom. The smallest absolute Gasteiger partial charge is 0.224 e. The molecular formula is C16H19N3O3. The van der Waals surface area contributed by atoms with E-state index in [1.807, 2.05) is 35.9 Å². The van der Waals surface area contributed by atoms with E-state index in [4.69, 9.17) is 9.47 Å². The number of amides is 1. The molecule has 22 heavy (non-hydrogen) atoms. The SMILES string of the molecule is CC(Cn1ccnc1)NC(=O)Cc1ccc2c(c1)OCCO2. The Kier molecular flexibility index (Phi) is 4.27. The van der Waals surface area contributed by atoms with Crippen LogP contribution in [0.1, 0.15) is 12.5 Å². The van der Waals surface area contributed by atoms with Gasteiger partial charge in [-0.15, -0.1) is 0 Å². The number of nitrogens with one attached hydrogen (secondary N) is 1. The van der Waals surface area contributed by atoms with Gasteiger partial charge in [-0.1, -0.05) is 6.07 Å². The van der Waals surface area contributed by atoms with Crippen molar-refractivity contribution >= 4 is 5.91 Å². The van der Waals surface area contributed by atoms with E-state index >= 15 is 0 Å². The van der Waals surface area contributed by atoms with E-state index in [2.05, 4.69) is 10.3 Å². The summed E-state index contributed by atoms with van der Waals surface area (Å²) in [4.78, 5) is 16.1. The van der Waals surface area contributed by atoms with Crippen molar-refractivity contribution in [1.82, 2.24) is 14.9 Å². The summed E-state index contributed by atoms with van der Waals surface area (Å²) in [5.41, 5.74) is 0.914. The van der Waals surface area contributed by atoms with Crippen molar-refractivity contribution in [2.24, 2.45) is 0 Å². The molecular weight excluding hydrogens is 282 g/mol. The molecule has 1 unspecified atom stereocenters. The number of hydrogen-bond acceptors (Lipinski definition) is 4. The van der Waals surface area contributed by atoms with Crippen LogP contribution in [0.2, 0.25) is 0 Å². The summed E-state index contributed by atoms with van der Waals surface area (Å²) < 4.78 is 12.9. The minimum atomic E-state index is -0.00991. The molecule has 1 aromatic carbocycles. The molecule has 1 aliphatic rings. The minimum absolute atomic E-state index is 0.00991. The highest BCUT2D eigenvalue weighted by molar-refractivity contribution is 5.79. The molecule has 2 aromatic rings. The van der Waals surface area contributed by atoms with Crippen LogP contribution in [0.4, 0.5) is 0 Å². The lowest BCUT2D eigenvalue weighted by atomic mass is 10.1. The maximum atomic E-state index is 12.1. The van der Waals surface area contributed by atoms with Gasteiger partial charge in [-0.05, 0) is 24.6 Å². The van der Waals surface area contributed by atoms with Crippen LogP contribution >= 0.6 is 0 Å². The first-order valence-corrected chi connectivity index (χ1v) is 7.34. The van der Waals surface area contributed by atoms with Crippen LogP contribution < -0.4 is 14.8 Å². The molecule has 6 nitrogen and oxygen atoms in total. The van der Waals surface area contributed by atoms with E-state index in [9.17, 15) is 4.79 Å². The van der Waals surface area contributed by atoms with Crippen molar-refractivity contribution in [2.45, 2.75) is 25.9 Å².